The second kappa shape index (κ2) is 44.7. The van der Waals surface area contributed by atoms with Crippen molar-refractivity contribution in [2.45, 2.75) is 251 Å². The van der Waals surface area contributed by atoms with Gasteiger partial charge in [0.15, 0.2) is 6.10 Å². The normalized spacial score (nSPS) is 13.6. The van der Waals surface area contributed by atoms with Crippen molar-refractivity contribution in [3.63, 3.8) is 0 Å². The third-order valence-corrected chi connectivity index (χ3v) is 12.4. The Morgan fingerprint density at radius 2 is 0.903 bits per heavy atom. The van der Waals surface area contributed by atoms with Gasteiger partial charge in [0, 0.05) is 12.8 Å². The Hall–Kier alpha value is -1.51. The standard InChI is InChI=1S/C52H100NO8P/c1-6-8-10-12-14-16-18-20-21-22-23-24-25-26-27-28-29-30-31-33-34-36-38-40-42-44-51(54)58-48-50(49-60-62(56,57)59-47-46-53(3,4)5)61-52(55)45-43-41-39-37-35-32-19-17-15-13-11-9-7-2/h11,13,17,19,50H,6-10,12,14-16,18,20-49H2,1-5H3/b13-11-,19-17-. The van der Waals surface area contributed by atoms with Crippen molar-refractivity contribution >= 4 is 19.8 Å². The van der Waals surface area contributed by atoms with Gasteiger partial charge in [-0.15, -0.1) is 0 Å². The molecule has 0 aliphatic rings. The van der Waals surface area contributed by atoms with Gasteiger partial charge in [0.25, 0.3) is 7.82 Å². The molecule has 0 saturated carbocycles. The van der Waals surface area contributed by atoms with Crippen molar-refractivity contribution in [3.05, 3.63) is 24.3 Å². The van der Waals surface area contributed by atoms with Gasteiger partial charge >= 0.3 is 11.9 Å². The molecule has 0 radical (unpaired) electrons. The fourth-order valence-electron chi connectivity index (χ4n) is 7.40. The molecule has 0 N–H and O–H groups in total. The highest BCUT2D eigenvalue weighted by Gasteiger charge is 2.21. The van der Waals surface area contributed by atoms with Crippen molar-refractivity contribution in [2.75, 3.05) is 47.5 Å². The topological polar surface area (TPSA) is 111 Å². The van der Waals surface area contributed by atoms with Gasteiger partial charge in [0.2, 0.25) is 0 Å². The molecule has 0 aromatic heterocycles. The minimum Gasteiger partial charge on any atom is -0.756 e. The van der Waals surface area contributed by atoms with Crippen LogP contribution in [-0.4, -0.2) is 70.0 Å². The number of allylic oxidation sites excluding steroid dienone is 4. The molecule has 10 heteroatoms. The number of quaternary nitrogens is 1. The summed E-state index contributed by atoms with van der Waals surface area (Å²) in [5.41, 5.74) is 0. The average Bonchev–Trinajstić information content (AvgIpc) is 3.23. The Morgan fingerprint density at radius 1 is 0.500 bits per heavy atom. The first kappa shape index (κ1) is 60.5. The molecule has 0 fully saturated rings. The molecule has 62 heavy (non-hydrogen) atoms. The predicted octanol–water partition coefficient (Wildman–Crippen LogP) is 14.8. The Balaban J connectivity index is 4.11. The lowest BCUT2D eigenvalue weighted by molar-refractivity contribution is -0.870. The van der Waals surface area contributed by atoms with Crippen LogP contribution in [0.3, 0.4) is 0 Å². The largest absolute Gasteiger partial charge is 0.756 e. The summed E-state index contributed by atoms with van der Waals surface area (Å²) >= 11 is 0. The zero-order valence-corrected chi connectivity index (χ0v) is 42.2. The van der Waals surface area contributed by atoms with Crippen LogP contribution in [0.1, 0.15) is 245 Å². The van der Waals surface area contributed by atoms with Crippen LogP contribution in [0, 0.1) is 0 Å². The van der Waals surface area contributed by atoms with Crippen molar-refractivity contribution in [1.29, 1.82) is 0 Å². The summed E-state index contributed by atoms with van der Waals surface area (Å²) in [6, 6.07) is 0. The minimum atomic E-state index is -4.63. The lowest BCUT2D eigenvalue weighted by Crippen LogP contribution is -2.37. The van der Waals surface area contributed by atoms with Crippen LogP contribution in [0.5, 0.6) is 0 Å². The maximum absolute atomic E-state index is 12.7. The number of carbonyl (C=O) groups is 2. The van der Waals surface area contributed by atoms with Gasteiger partial charge < -0.3 is 27.9 Å². The fraction of sp³-hybridized carbons (Fsp3) is 0.885. The Labute approximate surface area is 383 Å². The van der Waals surface area contributed by atoms with Crippen LogP contribution in [0.25, 0.3) is 0 Å². The SMILES string of the molecule is CCC/C=C\C/C=C\CCCCCCCC(=O)OC(COC(=O)CCCCCCCCCCCCCCCCCCCCCCCCCCC)COP(=O)([O-])OCC[N+](C)(C)C. The van der Waals surface area contributed by atoms with Gasteiger partial charge in [-0.25, -0.2) is 0 Å². The van der Waals surface area contributed by atoms with Crippen molar-refractivity contribution in [3.8, 4) is 0 Å². The van der Waals surface area contributed by atoms with Gasteiger partial charge in [-0.05, 0) is 38.5 Å². The highest BCUT2D eigenvalue weighted by molar-refractivity contribution is 7.45. The molecule has 9 nitrogen and oxygen atoms in total. The van der Waals surface area contributed by atoms with E-state index >= 15 is 0 Å². The Morgan fingerprint density at radius 3 is 1.34 bits per heavy atom. The Bertz CT molecular complexity index is 1110. The number of phosphoric acid groups is 1. The van der Waals surface area contributed by atoms with Crippen LogP contribution < -0.4 is 4.89 Å². The van der Waals surface area contributed by atoms with Crippen molar-refractivity contribution in [1.82, 2.24) is 0 Å². The highest BCUT2D eigenvalue weighted by Crippen LogP contribution is 2.38. The molecule has 0 aliphatic heterocycles. The summed E-state index contributed by atoms with van der Waals surface area (Å²) in [7, 11) is 1.16. The van der Waals surface area contributed by atoms with E-state index in [1.165, 1.54) is 148 Å². The summed E-state index contributed by atoms with van der Waals surface area (Å²) in [6.07, 6.45) is 50.8. The quantitative estimate of drug-likeness (QED) is 0.0195. The number of unbranched alkanes of at least 4 members (excludes halogenated alkanes) is 30. The summed E-state index contributed by atoms with van der Waals surface area (Å²) in [5, 5.41) is 0. The molecule has 0 rings (SSSR count). The maximum atomic E-state index is 12.7. The fourth-order valence-corrected chi connectivity index (χ4v) is 8.13. The van der Waals surface area contributed by atoms with Gasteiger partial charge in [-0.1, -0.05) is 218 Å². The molecule has 0 spiro atoms. The number of phosphoric ester groups is 1. The number of rotatable bonds is 48. The molecule has 0 aliphatic carbocycles. The number of likely N-dealkylation sites (N-methyl/N-ethyl adjacent to an activating group) is 1. The first-order valence-electron chi connectivity index (χ1n) is 26.0. The van der Waals surface area contributed by atoms with E-state index in [0.29, 0.717) is 17.4 Å². The molecule has 0 aromatic carbocycles. The lowest BCUT2D eigenvalue weighted by atomic mass is 10.0. The van der Waals surface area contributed by atoms with Crippen LogP contribution in [0.2, 0.25) is 0 Å². The number of esters is 2. The van der Waals surface area contributed by atoms with Crippen LogP contribution in [-0.2, 0) is 32.7 Å². The van der Waals surface area contributed by atoms with E-state index < -0.39 is 26.5 Å². The molecular weight excluding hydrogens is 798 g/mol. The van der Waals surface area contributed by atoms with Gasteiger partial charge in [-0.3, -0.25) is 14.2 Å². The Kier molecular flexibility index (Phi) is 43.6. The number of ether oxygens (including phenoxy) is 2. The lowest BCUT2D eigenvalue weighted by Gasteiger charge is -2.28. The van der Waals surface area contributed by atoms with Crippen LogP contribution in [0.4, 0.5) is 0 Å². The molecule has 2 atom stereocenters. The maximum Gasteiger partial charge on any atom is 0.306 e. The summed E-state index contributed by atoms with van der Waals surface area (Å²) in [4.78, 5) is 37.6. The first-order valence-corrected chi connectivity index (χ1v) is 27.5. The van der Waals surface area contributed by atoms with Crippen LogP contribution >= 0.6 is 7.82 Å². The molecule has 366 valence electrons. The van der Waals surface area contributed by atoms with Crippen LogP contribution in [0.15, 0.2) is 24.3 Å². The molecule has 0 heterocycles. The summed E-state index contributed by atoms with van der Waals surface area (Å²) < 4.78 is 34.0. The molecule has 2 unspecified atom stereocenters. The molecule has 0 bridgehead atoms. The predicted molar refractivity (Wildman–Crippen MR) is 259 cm³/mol. The van der Waals surface area contributed by atoms with Gasteiger partial charge in [-0.2, -0.15) is 0 Å². The summed E-state index contributed by atoms with van der Waals surface area (Å²) in [5.74, 6) is -0.840. The number of nitrogens with zero attached hydrogens (tertiary/aromatic N) is 1. The van der Waals surface area contributed by atoms with E-state index in [2.05, 4.69) is 38.2 Å². The zero-order chi connectivity index (χ0) is 45.7. The highest BCUT2D eigenvalue weighted by atomic mass is 31.2. The molecular formula is C52H100NO8P. The van der Waals surface area contributed by atoms with E-state index in [4.69, 9.17) is 18.5 Å². The van der Waals surface area contributed by atoms with E-state index in [1.807, 2.05) is 21.1 Å². The third kappa shape index (κ3) is 48.0. The monoisotopic (exact) mass is 898 g/mol. The third-order valence-electron chi connectivity index (χ3n) is 11.5. The van der Waals surface area contributed by atoms with Crippen molar-refractivity contribution < 1.29 is 42.1 Å². The minimum absolute atomic E-state index is 0.0317. The second-order valence-corrected chi connectivity index (χ2v) is 20.3. The zero-order valence-electron chi connectivity index (χ0n) is 41.3. The average molecular weight is 898 g/mol. The first-order chi connectivity index (χ1) is 30.0. The van der Waals surface area contributed by atoms with E-state index in [1.54, 1.807) is 0 Å². The second-order valence-electron chi connectivity index (χ2n) is 18.9. The van der Waals surface area contributed by atoms with E-state index in [9.17, 15) is 19.0 Å². The van der Waals surface area contributed by atoms with Gasteiger partial charge in [0.1, 0.15) is 19.8 Å². The van der Waals surface area contributed by atoms with Crippen molar-refractivity contribution in [2.24, 2.45) is 0 Å². The van der Waals surface area contributed by atoms with Gasteiger partial charge in [0.05, 0.1) is 27.7 Å². The molecule has 0 amide bonds. The smallest absolute Gasteiger partial charge is 0.306 e. The van der Waals surface area contributed by atoms with E-state index in [0.717, 1.165) is 64.2 Å². The number of hydrogen-bond donors (Lipinski definition) is 0. The number of hydrogen-bond acceptors (Lipinski definition) is 8. The molecule has 0 aromatic rings. The number of carbonyl (C=O) groups excluding carboxylic acids is 2. The van der Waals surface area contributed by atoms with E-state index in [-0.39, 0.29) is 32.0 Å². The summed E-state index contributed by atoms with van der Waals surface area (Å²) in [6.45, 7) is 4.18. The molecule has 0 saturated heterocycles.